The fourth-order valence-corrected chi connectivity index (χ4v) is 4.78. The zero-order valence-electron chi connectivity index (χ0n) is 20.9. The molecule has 14 heteroatoms. The lowest BCUT2D eigenvalue weighted by molar-refractivity contribution is -0.394. The van der Waals surface area contributed by atoms with Crippen LogP contribution in [0.5, 0.6) is 5.88 Å². The van der Waals surface area contributed by atoms with E-state index in [2.05, 4.69) is 32.2 Å². The van der Waals surface area contributed by atoms with E-state index in [-0.39, 0.29) is 17.1 Å². The van der Waals surface area contributed by atoms with E-state index in [0.717, 1.165) is 50.1 Å². The number of aromatic nitrogens is 1. The number of nitrogens with zero attached hydrogens (tertiary/aromatic N) is 7. The summed E-state index contributed by atoms with van der Waals surface area (Å²) in [5.41, 5.74) is 0.0841. The van der Waals surface area contributed by atoms with Crippen LogP contribution in [-0.4, -0.2) is 56.5 Å². The third kappa shape index (κ3) is 5.46. The first-order valence-electron chi connectivity index (χ1n) is 12.1. The van der Waals surface area contributed by atoms with Gasteiger partial charge in [0, 0.05) is 54.4 Å². The van der Waals surface area contributed by atoms with E-state index >= 15 is 0 Å². The Balaban J connectivity index is 1.41. The highest BCUT2D eigenvalue weighted by Crippen LogP contribution is 2.40. The van der Waals surface area contributed by atoms with Crippen molar-refractivity contribution in [3.8, 4) is 5.88 Å². The second kappa shape index (κ2) is 11.1. The van der Waals surface area contributed by atoms with Gasteiger partial charge in [-0.3, -0.25) is 34.5 Å². The van der Waals surface area contributed by atoms with Crippen LogP contribution in [0.1, 0.15) is 10.4 Å². The minimum Gasteiger partial charge on any atom is -0.493 e. The van der Waals surface area contributed by atoms with Crippen molar-refractivity contribution in [2.45, 2.75) is 6.67 Å². The molecule has 3 aromatic carbocycles. The van der Waals surface area contributed by atoms with Crippen LogP contribution < -0.4 is 4.90 Å². The molecular formula is C26H22ClN7O6. The number of anilines is 1. The number of carbonyl (C=O) groups excluding carboxylic acids is 1. The minimum atomic E-state index is -1.05. The Morgan fingerprint density at radius 2 is 1.57 bits per heavy atom. The molecular weight excluding hydrogens is 542 g/mol. The number of piperazine rings is 1. The van der Waals surface area contributed by atoms with Crippen molar-refractivity contribution in [3.63, 3.8) is 0 Å². The Kier molecular flexibility index (Phi) is 7.40. The minimum absolute atomic E-state index is 0.0197. The molecule has 0 bridgehead atoms. The van der Waals surface area contributed by atoms with Crippen LogP contribution in [0.3, 0.4) is 0 Å². The summed E-state index contributed by atoms with van der Waals surface area (Å²) in [6.45, 7) is 3.41. The van der Waals surface area contributed by atoms with E-state index in [1.54, 1.807) is 22.8 Å². The van der Waals surface area contributed by atoms with E-state index < -0.39 is 27.1 Å². The number of halogens is 1. The average Bonchev–Trinajstić information content (AvgIpc) is 3.21. The van der Waals surface area contributed by atoms with Crippen molar-refractivity contribution in [2.75, 3.05) is 31.1 Å². The predicted octanol–water partition coefficient (Wildman–Crippen LogP) is 5.52. The lowest BCUT2D eigenvalue weighted by Gasteiger charge is -2.36. The summed E-state index contributed by atoms with van der Waals surface area (Å²) < 4.78 is 1.64. The molecule has 0 unspecified atom stereocenters. The van der Waals surface area contributed by atoms with Crippen LogP contribution in [-0.2, 0) is 6.67 Å². The van der Waals surface area contributed by atoms with Gasteiger partial charge >= 0.3 is 0 Å². The van der Waals surface area contributed by atoms with Crippen molar-refractivity contribution in [1.82, 2.24) is 9.47 Å². The number of benzene rings is 3. The lowest BCUT2D eigenvalue weighted by atomic mass is 10.1. The first-order valence-corrected chi connectivity index (χ1v) is 12.5. The summed E-state index contributed by atoms with van der Waals surface area (Å²) in [6.07, 6.45) is 0. The number of azo groups is 1. The molecule has 40 heavy (non-hydrogen) atoms. The number of hydrogen-bond acceptors (Lipinski definition) is 9. The number of carbonyl (C=O) groups is 1. The lowest BCUT2D eigenvalue weighted by Crippen LogP contribution is -2.46. The van der Waals surface area contributed by atoms with E-state index in [0.29, 0.717) is 22.6 Å². The average molecular weight is 564 g/mol. The first kappa shape index (κ1) is 26.7. The van der Waals surface area contributed by atoms with E-state index in [9.17, 15) is 30.1 Å². The van der Waals surface area contributed by atoms with E-state index in [4.69, 9.17) is 11.6 Å². The van der Waals surface area contributed by atoms with Gasteiger partial charge in [0.1, 0.15) is 0 Å². The van der Waals surface area contributed by atoms with Crippen LogP contribution in [0.2, 0.25) is 5.02 Å². The maximum atomic E-state index is 12.7. The molecule has 1 aliphatic rings. The topological polar surface area (TPSA) is 160 Å². The third-order valence-corrected chi connectivity index (χ3v) is 6.85. The highest BCUT2D eigenvalue weighted by atomic mass is 35.5. The van der Waals surface area contributed by atoms with Crippen molar-refractivity contribution < 1.29 is 19.7 Å². The van der Waals surface area contributed by atoms with Gasteiger partial charge in [-0.1, -0.05) is 29.8 Å². The largest absolute Gasteiger partial charge is 0.493 e. The standard InChI is InChI=1S/C26H22ClN7O6/c27-18-6-7-23-22(14-18)24(28-29-25(35)17-12-20(33(37)38)15-21(13-17)34(39)40)26(36)32(23)16-30-8-10-31(11-9-30)19-4-2-1-3-5-19/h1-7,12-15,36H,8-11,16H2. The zero-order valence-corrected chi connectivity index (χ0v) is 21.6. The monoisotopic (exact) mass is 563 g/mol. The Morgan fingerprint density at radius 1 is 0.925 bits per heavy atom. The van der Waals surface area contributed by atoms with Gasteiger partial charge < -0.3 is 10.0 Å². The van der Waals surface area contributed by atoms with Gasteiger partial charge in [-0.25, -0.2) is 0 Å². The van der Waals surface area contributed by atoms with Gasteiger partial charge in [-0.05, 0) is 30.3 Å². The Morgan fingerprint density at radius 3 is 2.20 bits per heavy atom. The number of rotatable bonds is 7. The smallest absolute Gasteiger partial charge is 0.295 e. The van der Waals surface area contributed by atoms with Crippen LogP contribution in [0.25, 0.3) is 10.9 Å². The van der Waals surface area contributed by atoms with E-state index in [1.807, 2.05) is 18.2 Å². The fraction of sp³-hybridized carbons (Fsp3) is 0.192. The SMILES string of the molecule is O=C(N=Nc1c(O)n(CN2CCN(c3ccccc3)CC2)c2ccc(Cl)cc12)c1cc([N+](=O)[O-])cc([N+](=O)[O-])c1. The maximum absolute atomic E-state index is 12.7. The molecule has 1 aromatic heterocycles. The molecule has 0 radical (unpaired) electrons. The van der Waals surface area contributed by atoms with Crippen LogP contribution in [0, 0.1) is 20.2 Å². The number of amides is 1. The first-order chi connectivity index (χ1) is 19.2. The maximum Gasteiger partial charge on any atom is 0.295 e. The molecule has 0 aliphatic carbocycles. The van der Waals surface area contributed by atoms with E-state index in [1.165, 1.54) is 0 Å². The summed E-state index contributed by atoms with van der Waals surface area (Å²) in [5, 5.41) is 41.8. The number of aromatic hydroxyl groups is 1. The summed E-state index contributed by atoms with van der Waals surface area (Å²) in [4.78, 5) is 37.8. The molecule has 2 heterocycles. The zero-order chi connectivity index (χ0) is 28.4. The van der Waals surface area contributed by atoms with Gasteiger partial charge in [-0.15, -0.1) is 10.2 Å². The molecule has 5 rings (SSSR count). The number of hydrogen-bond donors (Lipinski definition) is 1. The number of para-hydroxylation sites is 1. The van der Waals surface area contributed by atoms with Crippen molar-refractivity contribution in [1.29, 1.82) is 0 Å². The second-order valence-corrected chi connectivity index (χ2v) is 9.54. The van der Waals surface area contributed by atoms with Gasteiger partial charge in [-0.2, -0.15) is 0 Å². The molecule has 0 atom stereocenters. The summed E-state index contributed by atoms with van der Waals surface area (Å²) in [6, 6.07) is 17.6. The summed E-state index contributed by atoms with van der Waals surface area (Å²) in [5.74, 6) is -1.30. The quantitative estimate of drug-likeness (QED) is 0.175. The fourth-order valence-electron chi connectivity index (χ4n) is 4.61. The predicted molar refractivity (Wildman–Crippen MR) is 147 cm³/mol. The summed E-state index contributed by atoms with van der Waals surface area (Å²) >= 11 is 6.20. The normalized spacial score (nSPS) is 14.2. The molecule has 1 fully saturated rings. The molecule has 4 aromatic rings. The molecule has 1 saturated heterocycles. The number of nitro groups is 2. The summed E-state index contributed by atoms with van der Waals surface area (Å²) in [7, 11) is 0. The molecule has 0 saturated carbocycles. The van der Waals surface area contributed by atoms with Crippen LogP contribution in [0.15, 0.2) is 77.0 Å². The van der Waals surface area contributed by atoms with Gasteiger partial charge in [0.2, 0.25) is 5.88 Å². The Hall–Kier alpha value is -4.88. The van der Waals surface area contributed by atoms with Crippen molar-refractivity contribution in [3.05, 3.63) is 97.5 Å². The number of nitro benzene ring substituents is 2. The van der Waals surface area contributed by atoms with Crippen molar-refractivity contribution >= 4 is 51.2 Å². The van der Waals surface area contributed by atoms with Crippen LogP contribution >= 0.6 is 11.6 Å². The third-order valence-electron chi connectivity index (χ3n) is 6.62. The van der Waals surface area contributed by atoms with Gasteiger partial charge in [0.05, 0.1) is 33.7 Å². The number of fused-ring (bicyclic) bond motifs is 1. The van der Waals surface area contributed by atoms with Gasteiger partial charge in [0.25, 0.3) is 17.3 Å². The molecule has 1 amide bonds. The Labute approximate surface area is 231 Å². The second-order valence-electron chi connectivity index (χ2n) is 9.10. The Bertz CT molecular complexity index is 1620. The molecule has 0 spiro atoms. The van der Waals surface area contributed by atoms with Gasteiger partial charge in [0.15, 0.2) is 5.69 Å². The van der Waals surface area contributed by atoms with Crippen molar-refractivity contribution in [2.24, 2.45) is 10.2 Å². The molecule has 204 valence electrons. The molecule has 1 aliphatic heterocycles. The number of non-ortho nitro benzene ring substituents is 2. The van der Waals surface area contributed by atoms with Crippen LogP contribution in [0.4, 0.5) is 22.7 Å². The molecule has 13 nitrogen and oxygen atoms in total. The highest BCUT2D eigenvalue weighted by Gasteiger charge is 2.23. The molecule has 1 N–H and O–H groups in total. The highest BCUT2D eigenvalue weighted by molar-refractivity contribution is 6.31.